The number of hydrogen-bond donors (Lipinski definition) is 3. The molecule has 160 valence electrons. The van der Waals surface area contributed by atoms with Gasteiger partial charge in [0.1, 0.15) is 11.5 Å². The summed E-state index contributed by atoms with van der Waals surface area (Å²) < 4.78 is 0. The molecule has 2 amide bonds. The maximum atomic E-state index is 12.4. The summed E-state index contributed by atoms with van der Waals surface area (Å²) in [5, 5.41) is 11.6. The highest BCUT2D eigenvalue weighted by Gasteiger charge is 2.14. The van der Waals surface area contributed by atoms with E-state index in [2.05, 4.69) is 37.1 Å². The van der Waals surface area contributed by atoms with Gasteiger partial charge in [-0.1, -0.05) is 24.0 Å². The number of anilines is 1. The first-order valence-electron chi connectivity index (χ1n) is 9.69. The van der Waals surface area contributed by atoms with Crippen molar-refractivity contribution in [2.75, 3.05) is 5.32 Å². The SMILES string of the molecule is O=C(NO)c1cc(NC(=O)c2cnccn2)nc(-c2ccc(C#Cc3cccnc3)cc2)c1. The van der Waals surface area contributed by atoms with Crippen LogP contribution in [-0.2, 0) is 0 Å². The molecule has 0 unspecified atom stereocenters. The number of amides is 2. The second-order valence-corrected chi connectivity index (χ2v) is 6.68. The third kappa shape index (κ3) is 5.41. The predicted octanol–water partition coefficient (Wildman–Crippen LogP) is 2.70. The van der Waals surface area contributed by atoms with Crippen LogP contribution < -0.4 is 10.8 Å². The minimum absolute atomic E-state index is 0.0920. The molecule has 3 aromatic heterocycles. The monoisotopic (exact) mass is 436 g/mol. The van der Waals surface area contributed by atoms with E-state index >= 15 is 0 Å². The molecule has 9 nitrogen and oxygen atoms in total. The van der Waals surface area contributed by atoms with E-state index in [-0.39, 0.29) is 17.1 Å². The summed E-state index contributed by atoms with van der Waals surface area (Å²) in [4.78, 5) is 40.7. The average Bonchev–Trinajstić information content (AvgIpc) is 2.88. The zero-order chi connectivity index (χ0) is 23.0. The summed E-state index contributed by atoms with van der Waals surface area (Å²) >= 11 is 0. The lowest BCUT2D eigenvalue weighted by molar-refractivity contribution is 0.0706. The zero-order valence-electron chi connectivity index (χ0n) is 17.1. The minimum atomic E-state index is -0.743. The maximum Gasteiger partial charge on any atom is 0.277 e. The van der Waals surface area contributed by atoms with Crippen molar-refractivity contribution in [3.05, 3.63) is 102 Å². The van der Waals surface area contributed by atoms with E-state index in [1.807, 2.05) is 24.3 Å². The number of nitrogens with one attached hydrogen (secondary N) is 2. The Balaban J connectivity index is 1.62. The summed E-state index contributed by atoms with van der Waals surface area (Å²) in [6.07, 6.45) is 7.51. The van der Waals surface area contributed by atoms with E-state index in [9.17, 15) is 9.59 Å². The molecule has 0 aliphatic carbocycles. The van der Waals surface area contributed by atoms with Crippen LogP contribution in [0, 0.1) is 11.8 Å². The predicted molar refractivity (Wildman–Crippen MR) is 119 cm³/mol. The van der Waals surface area contributed by atoms with Gasteiger partial charge in [0.15, 0.2) is 0 Å². The van der Waals surface area contributed by atoms with Crippen molar-refractivity contribution in [1.82, 2.24) is 25.4 Å². The van der Waals surface area contributed by atoms with Crippen LogP contribution in [0.4, 0.5) is 5.82 Å². The second-order valence-electron chi connectivity index (χ2n) is 6.68. The number of pyridine rings is 2. The molecule has 0 bridgehead atoms. The van der Waals surface area contributed by atoms with Crippen LogP contribution in [0.1, 0.15) is 32.0 Å². The standard InChI is InChI=1S/C24H16N6O3/c31-23(30-33)19-12-20(28-22(13-19)29-24(32)21-15-26-10-11-27-21)18-7-5-16(6-8-18)3-4-17-2-1-9-25-14-17/h1-2,5-15,33H,(H,30,31)(H,28,29,32). The smallest absolute Gasteiger partial charge is 0.277 e. The average molecular weight is 436 g/mol. The van der Waals surface area contributed by atoms with Gasteiger partial charge in [-0.2, -0.15) is 0 Å². The van der Waals surface area contributed by atoms with Crippen molar-refractivity contribution >= 4 is 17.6 Å². The van der Waals surface area contributed by atoms with Crippen molar-refractivity contribution in [3.8, 4) is 23.1 Å². The molecule has 0 atom stereocenters. The lowest BCUT2D eigenvalue weighted by Gasteiger charge is -2.09. The Morgan fingerprint density at radius 2 is 1.64 bits per heavy atom. The molecule has 9 heteroatoms. The molecule has 0 spiro atoms. The van der Waals surface area contributed by atoms with E-state index in [1.165, 1.54) is 30.7 Å². The van der Waals surface area contributed by atoms with Crippen LogP contribution in [0.3, 0.4) is 0 Å². The number of carbonyl (C=O) groups excluding carboxylic acids is 2. The molecule has 3 N–H and O–H groups in total. The fraction of sp³-hybridized carbons (Fsp3) is 0. The number of nitrogens with zero attached hydrogens (tertiary/aromatic N) is 4. The first-order chi connectivity index (χ1) is 16.1. The van der Waals surface area contributed by atoms with Gasteiger partial charge in [-0.05, 0) is 36.4 Å². The van der Waals surface area contributed by atoms with E-state index < -0.39 is 11.8 Å². The molecule has 3 heterocycles. The van der Waals surface area contributed by atoms with Gasteiger partial charge < -0.3 is 5.32 Å². The number of hydroxylamine groups is 1. The van der Waals surface area contributed by atoms with Crippen molar-refractivity contribution in [3.63, 3.8) is 0 Å². The first-order valence-corrected chi connectivity index (χ1v) is 9.69. The topological polar surface area (TPSA) is 130 Å². The number of aromatic nitrogens is 4. The number of hydrogen-bond acceptors (Lipinski definition) is 7. The van der Waals surface area contributed by atoms with Crippen molar-refractivity contribution in [2.24, 2.45) is 0 Å². The van der Waals surface area contributed by atoms with Crippen molar-refractivity contribution in [1.29, 1.82) is 0 Å². The number of benzene rings is 1. The Labute approximate surface area is 188 Å². The Bertz CT molecular complexity index is 1350. The van der Waals surface area contributed by atoms with Crippen LogP contribution in [0.2, 0.25) is 0 Å². The summed E-state index contributed by atoms with van der Waals surface area (Å²) in [5.74, 6) is 4.92. The summed E-state index contributed by atoms with van der Waals surface area (Å²) in [5.41, 5.74) is 4.47. The highest BCUT2D eigenvalue weighted by atomic mass is 16.5. The molecule has 4 rings (SSSR count). The molecule has 0 saturated carbocycles. The van der Waals surface area contributed by atoms with Gasteiger partial charge in [0.25, 0.3) is 11.8 Å². The zero-order valence-corrected chi connectivity index (χ0v) is 17.1. The maximum absolute atomic E-state index is 12.4. The summed E-state index contributed by atoms with van der Waals surface area (Å²) in [6.45, 7) is 0. The first kappa shape index (κ1) is 21.3. The molecule has 0 radical (unpaired) electrons. The third-order valence-corrected chi connectivity index (χ3v) is 4.42. The molecule has 0 saturated heterocycles. The van der Waals surface area contributed by atoms with Crippen LogP contribution in [0.15, 0.2) is 79.5 Å². The molecule has 33 heavy (non-hydrogen) atoms. The fourth-order valence-electron chi connectivity index (χ4n) is 2.84. The van der Waals surface area contributed by atoms with Crippen molar-refractivity contribution < 1.29 is 14.8 Å². The third-order valence-electron chi connectivity index (χ3n) is 4.42. The van der Waals surface area contributed by atoms with E-state index in [0.29, 0.717) is 11.3 Å². The van der Waals surface area contributed by atoms with Crippen LogP contribution in [-0.4, -0.2) is 37.0 Å². The lowest BCUT2D eigenvalue weighted by Crippen LogP contribution is -2.20. The fourth-order valence-corrected chi connectivity index (χ4v) is 2.84. The quantitative estimate of drug-likeness (QED) is 0.255. The van der Waals surface area contributed by atoms with Gasteiger partial charge in [0, 0.05) is 47.0 Å². The van der Waals surface area contributed by atoms with Gasteiger partial charge >= 0.3 is 0 Å². The molecule has 1 aromatic carbocycles. The molecular formula is C24H16N6O3. The number of rotatable bonds is 4. The highest BCUT2D eigenvalue weighted by Crippen LogP contribution is 2.22. The molecule has 0 aliphatic rings. The van der Waals surface area contributed by atoms with E-state index in [4.69, 9.17) is 5.21 Å². The van der Waals surface area contributed by atoms with Gasteiger partial charge in [0.05, 0.1) is 11.9 Å². The Hall–Kier alpha value is -4.94. The molecule has 4 aromatic rings. The van der Waals surface area contributed by atoms with Crippen LogP contribution in [0.5, 0.6) is 0 Å². The Kier molecular flexibility index (Phi) is 6.40. The highest BCUT2D eigenvalue weighted by molar-refractivity contribution is 6.03. The molecule has 0 fully saturated rings. The van der Waals surface area contributed by atoms with E-state index in [0.717, 1.165) is 11.1 Å². The van der Waals surface area contributed by atoms with Crippen molar-refractivity contribution in [2.45, 2.75) is 0 Å². The second kappa shape index (κ2) is 9.91. The Morgan fingerprint density at radius 1 is 0.848 bits per heavy atom. The van der Waals surface area contributed by atoms with Gasteiger partial charge in [-0.3, -0.25) is 24.8 Å². The Morgan fingerprint density at radius 3 is 2.33 bits per heavy atom. The molecule has 0 aliphatic heterocycles. The largest absolute Gasteiger partial charge is 0.305 e. The summed E-state index contributed by atoms with van der Waals surface area (Å²) in [7, 11) is 0. The van der Waals surface area contributed by atoms with Crippen LogP contribution >= 0.6 is 0 Å². The normalized spacial score (nSPS) is 9.97. The minimum Gasteiger partial charge on any atom is -0.305 e. The number of carbonyl (C=O) groups is 2. The van der Waals surface area contributed by atoms with E-state index in [1.54, 1.807) is 30.0 Å². The summed E-state index contributed by atoms with van der Waals surface area (Å²) in [6, 6.07) is 13.8. The van der Waals surface area contributed by atoms with Gasteiger partial charge in [-0.25, -0.2) is 15.4 Å². The van der Waals surface area contributed by atoms with Gasteiger partial charge in [-0.15, -0.1) is 0 Å². The molecular weight excluding hydrogens is 420 g/mol. The van der Waals surface area contributed by atoms with Crippen LogP contribution in [0.25, 0.3) is 11.3 Å². The van der Waals surface area contributed by atoms with Gasteiger partial charge in [0.2, 0.25) is 0 Å². The lowest BCUT2D eigenvalue weighted by atomic mass is 10.1.